The molecule has 0 atom stereocenters. The van der Waals surface area contributed by atoms with Crippen LogP contribution < -0.4 is 15.4 Å². The summed E-state index contributed by atoms with van der Waals surface area (Å²) < 4.78 is 7.52. The SMILES string of the molecule is CCOc1ccc(Nc2ncnc3c2cnn3C2CCNCC2)cc1. The predicted molar refractivity (Wildman–Crippen MR) is 97.4 cm³/mol. The van der Waals surface area contributed by atoms with Gasteiger partial charge in [0.2, 0.25) is 0 Å². The minimum absolute atomic E-state index is 0.395. The van der Waals surface area contributed by atoms with E-state index in [1.807, 2.05) is 42.1 Å². The van der Waals surface area contributed by atoms with E-state index in [0.29, 0.717) is 12.6 Å². The molecule has 0 radical (unpaired) electrons. The highest BCUT2D eigenvalue weighted by Crippen LogP contribution is 2.27. The molecule has 0 unspecified atom stereocenters. The second-order valence-corrected chi connectivity index (χ2v) is 6.11. The fraction of sp³-hybridized carbons (Fsp3) is 0.389. The zero-order valence-electron chi connectivity index (χ0n) is 14.3. The maximum Gasteiger partial charge on any atom is 0.163 e. The molecule has 1 aromatic carbocycles. The zero-order valence-corrected chi connectivity index (χ0v) is 14.3. The van der Waals surface area contributed by atoms with Crippen LogP contribution in [0.5, 0.6) is 5.75 Å². The normalized spacial score (nSPS) is 15.4. The molecule has 1 aliphatic heterocycles. The van der Waals surface area contributed by atoms with Crippen LogP contribution in [0.1, 0.15) is 25.8 Å². The van der Waals surface area contributed by atoms with Gasteiger partial charge in [-0.2, -0.15) is 5.10 Å². The van der Waals surface area contributed by atoms with Crippen LogP contribution in [-0.2, 0) is 0 Å². The quantitative estimate of drug-likeness (QED) is 0.745. The van der Waals surface area contributed by atoms with Crippen molar-refractivity contribution in [2.45, 2.75) is 25.8 Å². The van der Waals surface area contributed by atoms with Gasteiger partial charge in [-0.25, -0.2) is 14.6 Å². The molecule has 7 nitrogen and oxygen atoms in total. The smallest absolute Gasteiger partial charge is 0.163 e. The van der Waals surface area contributed by atoms with Crippen molar-refractivity contribution in [3.05, 3.63) is 36.8 Å². The monoisotopic (exact) mass is 338 g/mol. The summed E-state index contributed by atoms with van der Waals surface area (Å²) in [5.74, 6) is 1.63. The molecule has 7 heteroatoms. The first-order valence-electron chi connectivity index (χ1n) is 8.74. The highest BCUT2D eigenvalue weighted by Gasteiger charge is 2.19. The molecule has 4 rings (SSSR count). The number of anilines is 2. The Morgan fingerprint density at radius 1 is 1.20 bits per heavy atom. The number of nitrogens with one attached hydrogen (secondary N) is 2. The summed E-state index contributed by atoms with van der Waals surface area (Å²) in [7, 11) is 0. The van der Waals surface area contributed by atoms with Gasteiger partial charge >= 0.3 is 0 Å². The first-order valence-corrected chi connectivity index (χ1v) is 8.74. The van der Waals surface area contributed by atoms with Crippen molar-refractivity contribution < 1.29 is 4.74 Å². The summed E-state index contributed by atoms with van der Waals surface area (Å²) in [6, 6.07) is 8.25. The number of hydrogen-bond acceptors (Lipinski definition) is 6. The molecule has 1 fully saturated rings. The highest BCUT2D eigenvalue weighted by atomic mass is 16.5. The standard InChI is InChI=1S/C18H22N6O/c1-2-25-15-5-3-13(4-6-15)23-17-16-11-22-24(18(16)21-12-20-17)14-7-9-19-10-8-14/h3-6,11-12,14,19H,2,7-10H2,1H3,(H,20,21,23). The molecular formula is C18H22N6O. The number of ether oxygens (including phenoxy) is 1. The molecular weight excluding hydrogens is 316 g/mol. The Bertz CT molecular complexity index is 838. The maximum absolute atomic E-state index is 5.48. The third-order valence-corrected chi connectivity index (χ3v) is 4.47. The molecule has 3 aromatic rings. The summed E-state index contributed by atoms with van der Waals surface area (Å²) in [6.07, 6.45) is 5.59. The van der Waals surface area contributed by atoms with E-state index in [9.17, 15) is 0 Å². The Balaban J connectivity index is 1.60. The van der Waals surface area contributed by atoms with Crippen molar-refractivity contribution in [2.75, 3.05) is 25.0 Å². The molecule has 0 spiro atoms. The van der Waals surface area contributed by atoms with Crippen molar-refractivity contribution in [1.82, 2.24) is 25.1 Å². The third-order valence-electron chi connectivity index (χ3n) is 4.47. The molecule has 25 heavy (non-hydrogen) atoms. The second kappa shape index (κ2) is 7.06. The Morgan fingerprint density at radius 3 is 2.76 bits per heavy atom. The molecule has 0 bridgehead atoms. The minimum atomic E-state index is 0.395. The van der Waals surface area contributed by atoms with E-state index in [2.05, 4.69) is 25.7 Å². The minimum Gasteiger partial charge on any atom is -0.494 e. The number of rotatable bonds is 5. The molecule has 1 aliphatic rings. The first-order chi connectivity index (χ1) is 12.3. The van der Waals surface area contributed by atoms with Crippen molar-refractivity contribution in [3.8, 4) is 5.75 Å². The molecule has 130 valence electrons. The lowest BCUT2D eigenvalue weighted by Crippen LogP contribution is -2.29. The maximum atomic E-state index is 5.48. The zero-order chi connectivity index (χ0) is 17.1. The number of piperidine rings is 1. The third kappa shape index (κ3) is 3.28. The van der Waals surface area contributed by atoms with Crippen molar-refractivity contribution in [3.63, 3.8) is 0 Å². The summed E-state index contributed by atoms with van der Waals surface area (Å²) in [5, 5.41) is 12.3. The Kier molecular flexibility index (Phi) is 4.47. The average molecular weight is 338 g/mol. The van der Waals surface area contributed by atoms with Crippen LogP contribution >= 0.6 is 0 Å². The second-order valence-electron chi connectivity index (χ2n) is 6.11. The van der Waals surface area contributed by atoms with Crippen LogP contribution in [0, 0.1) is 0 Å². The van der Waals surface area contributed by atoms with Gasteiger partial charge in [0.1, 0.15) is 17.9 Å². The van der Waals surface area contributed by atoms with Gasteiger partial charge in [0, 0.05) is 5.69 Å². The molecule has 0 saturated carbocycles. The van der Waals surface area contributed by atoms with E-state index in [4.69, 9.17) is 4.74 Å². The van der Waals surface area contributed by atoms with Gasteiger partial charge < -0.3 is 15.4 Å². The van der Waals surface area contributed by atoms with Gasteiger partial charge in [-0.05, 0) is 57.1 Å². The molecule has 0 aliphatic carbocycles. The number of benzene rings is 1. The largest absolute Gasteiger partial charge is 0.494 e. The molecule has 2 N–H and O–H groups in total. The number of hydrogen-bond donors (Lipinski definition) is 2. The average Bonchev–Trinajstić information content (AvgIpc) is 3.09. The molecule has 0 amide bonds. The van der Waals surface area contributed by atoms with Crippen molar-refractivity contribution in [2.24, 2.45) is 0 Å². The fourth-order valence-corrected chi connectivity index (χ4v) is 3.22. The van der Waals surface area contributed by atoms with E-state index >= 15 is 0 Å². The summed E-state index contributed by atoms with van der Waals surface area (Å²) >= 11 is 0. The summed E-state index contributed by atoms with van der Waals surface area (Å²) in [4.78, 5) is 8.87. The van der Waals surface area contributed by atoms with E-state index in [1.54, 1.807) is 6.33 Å². The van der Waals surface area contributed by atoms with Gasteiger partial charge in [-0.15, -0.1) is 0 Å². The number of aromatic nitrogens is 4. The van der Waals surface area contributed by atoms with Crippen LogP contribution in [-0.4, -0.2) is 39.4 Å². The van der Waals surface area contributed by atoms with Crippen LogP contribution in [0.15, 0.2) is 36.8 Å². The lowest BCUT2D eigenvalue weighted by Gasteiger charge is -2.23. The van der Waals surface area contributed by atoms with Crippen LogP contribution in [0.4, 0.5) is 11.5 Å². The Labute approximate surface area is 146 Å². The fourth-order valence-electron chi connectivity index (χ4n) is 3.22. The number of nitrogens with zero attached hydrogens (tertiary/aromatic N) is 4. The van der Waals surface area contributed by atoms with Gasteiger partial charge in [-0.3, -0.25) is 0 Å². The topological polar surface area (TPSA) is 76.9 Å². The molecule has 3 heterocycles. The van der Waals surface area contributed by atoms with Crippen LogP contribution in [0.25, 0.3) is 11.0 Å². The van der Waals surface area contributed by atoms with Crippen molar-refractivity contribution in [1.29, 1.82) is 0 Å². The van der Waals surface area contributed by atoms with E-state index in [1.165, 1.54) is 0 Å². The molecule has 1 saturated heterocycles. The van der Waals surface area contributed by atoms with Gasteiger partial charge in [0.15, 0.2) is 5.65 Å². The number of fused-ring (bicyclic) bond motifs is 1. The van der Waals surface area contributed by atoms with Gasteiger partial charge in [0.05, 0.1) is 24.2 Å². The van der Waals surface area contributed by atoms with E-state index in [0.717, 1.165) is 54.2 Å². The lowest BCUT2D eigenvalue weighted by molar-refractivity contribution is 0.340. The predicted octanol–water partition coefficient (Wildman–Crippen LogP) is 2.89. The Morgan fingerprint density at radius 2 is 2.00 bits per heavy atom. The van der Waals surface area contributed by atoms with E-state index in [-0.39, 0.29) is 0 Å². The lowest BCUT2D eigenvalue weighted by atomic mass is 10.1. The summed E-state index contributed by atoms with van der Waals surface area (Å²) in [5.41, 5.74) is 1.84. The van der Waals surface area contributed by atoms with Gasteiger partial charge in [0.25, 0.3) is 0 Å². The van der Waals surface area contributed by atoms with Crippen LogP contribution in [0.2, 0.25) is 0 Å². The van der Waals surface area contributed by atoms with Crippen molar-refractivity contribution >= 4 is 22.5 Å². The highest BCUT2D eigenvalue weighted by molar-refractivity contribution is 5.88. The molecule has 2 aromatic heterocycles. The first kappa shape index (κ1) is 15.8. The van der Waals surface area contributed by atoms with Gasteiger partial charge in [-0.1, -0.05) is 0 Å². The summed E-state index contributed by atoms with van der Waals surface area (Å²) in [6.45, 7) is 4.68. The van der Waals surface area contributed by atoms with Crippen LogP contribution in [0.3, 0.4) is 0 Å². The Hall–Kier alpha value is -2.67. The van der Waals surface area contributed by atoms with E-state index < -0.39 is 0 Å².